The molecule has 3 rings (SSSR count). The molecule has 0 aromatic heterocycles. The van der Waals surface area contributed by atoms with Gasteiger partial charge in [0.1, 0.15) is 12.4 Å². The minimum absolute atomic E-state index is 0.0104. The molecule has 1 aliphatic rings. The van der Waals surface area contributed by atoms with E-state index in [0.717, 1.165) is 10.2 Å². The first-order valence-electron chi connectivity index (χ1n) is 9.62. The molecule has 0 aliphatic carbocycles. The van der Waals surface area contributed by atoms with Crippen molar-refractivity contribution in [1.82, 2.24) is 9.80 Å². The number of hydrogen-bond acceptors (Lipinski definition) is 3. The molecule has 1 aliphatic heterocycles. The molecule has 1 heterocycles. The number of likely N-dealkylation sites (N-methyl/N-ethyl adjacent to an activating group) is 1. The molecule has 1 fully saturated rings. The van der Waals surface area contributed by atoms with Crippen molar-refractivity contribution in [2.75, 3.05) is 33.3 Å². The maximum atomic E-state index is 12.7. The van der Waals surface area contributed by atoms with Crippen LogP contribution in [0.15, 0.2) is 53.0 Å². The van der Waals surface area contributed by atoms with Gasteiger partial charge in [-0.2, -0.15) is 0 Å². The zero-order chi connectivity index (χ0) is 20.8. The lowest BCUT2D eigenvalue weighted by Gasteiger charge is -2.33. The van der Waals surface area contributed by atoms with Gasteiger partial charge in [-0.25, -0.2) is 0 Å². The molecule has 0 saturated carbocycles. The van der Waals surface area contributed by atoms with Gasteiger partial charge in [-0.15, -0.1) is 0 Å². The van der Waals surface area contributed by atoms with E-state index in [1.165, 1.54) is 0 Å². The quantitative estimate of drug-likeness (QED) is 0.613. The molecule has 0 unspecified atom stereocenters. The Morgan fingerprint density at radius 3 is 2.34 bits per heavy atom. The van der Waals surface area contributed by atoms with Crippen LogP contribution in [0.5, 0.6) is 5.75 Å². The number of amides is 2. The average molecular weight is 480 g/mol. The van der Waals surface area contributed by atoms with Crippen LogP contribution in [0.4, 0.5) is 0 Å². The molecule has 0 atom stereocenters. The molecular weight excluding hydrogens is 456 g/mol. The fraction of sp³-hybridized carbons (Fsp3) is 0.364. The van der Waals surface area contributed by atoms with Gasteiger partial charge in [0.25, 0.3) is 5.91 Å². The second-order valence-electron chi connectivity index (χ2n) is 7.14. The van der Waals surface area contributed by atoms with E-state index in [2.05, 4.69) is 15.9 Å². The van der Waals surface area contributed by atoms with E-state index in [9.17, 15) is 9.59 Å². The van der Waals surface area contributed by atoms with Gasteiger partial charge in [0.2, 0.25) is 5.91 Å². The second kappa shape index (κ2) is 10.1. The van der Waals surface area contributed by atoms with Crippen LogP contribution in [0, 0.1) is 5.92 Å². The molecule has 2 amide bonds. The third-order valence-electron chi connectivity index (χ3n) is 5.11. The van der Waals surface area contributed by atoms with Crippen LogP contribution in [0.25, 0.3) is 0 Å². The fourth-order valence-electron chi connectivity index (χ4n) is 3.36. The van der Waals surface area contributed by atoms with E-state index >= 15 is 0 Å². The lowest BCUT2D eigenvalue weighted by atomic mass is 9.95. The number of carbonyl (C=O) groups is 2. The minimum Gasteiger partial charge on any atom is -0.492 e. The Balaban J connectivity index is 1.43. The van der Waals surface area contributed by atoms with Gasteiger partial charge in [0, 0.05) is 41.1 Å². The molecule has 2 aromatic carbocycles. The lowest BCUT2D eigenvalue weighted by Crippen LogP contribution is -2.44. The van der Waals surface area contributed by atoms with Gasteiger partial charge in [-0.3, -0.25) is 9.59 Å². The number of rotatable bonds is 6. The summed E-state index contributed by atoms with van der Waals surface area (Å²) in [6.07, 6.45) is 1.35. The lowest BCUT2D eigenvalue weighted by molar-refractivity contribution is -0.135. The summed E-state index contributed by atoms with van der Waals surface area (Å²) in [7, 11) is 1.80. The van der Waals surface area contributed by atoms with Gasteiger partial charge >= 0.3 is 0 Å². The Labute approximate surface area is 184 Å². The third kappa shape index (κ3) is 5.97. The predicted molar refractivity (Wildman–Crippen MR) is 117 cm³/mol. The van der Waals surface area contributed by atoms with Crippen LogP contribution in [0.2, 0.25) is 5.02 Å². The minimum atomic E-state index is -0.0538. The standard InChI is InChI=1S/C22H24BrClN2O3/c1-25(14-15-29-20-8-4-18(23)5-9-20)21(27)17-10-12-26(13-11-17)22(28)16-2-6-19(24)7-3-16/h2-9,17H,10-15H2,1H3. The molecule has 29 heavy (non-hydrogen) atoms. The monoisotopic (exact) mass is 478 g/mol. The van der Waals surface area contributed by atoms with E-state index in [-0.39, 0.29) is 17.7 Å². The third-order valence-corrected chi connectivity index (χ3v) is 5.89. The number of nitrogens with zero attached hydrogens (tertiary/aromatic N) is 2. The Bertz CT molecular complexity index is 834. The topological polar surface area (TPSA) is 49.9 Å². The van der Waals surface area contributed by atoms with Gasteiger partial charge in [0.05, 0.1) is 6.54 Å². The highest BCUT2D eigenvalue weighted by Crippen LogP contribution is 2.22. The number of likely N-dealkylation sites (tertiary alicyclic amines) is 1. The SMILES string of the molecule is CN(CCOc1ccc(Br)cc1)C(=O)C1CCN(C(=O)c2ccc(Cl)cc2)CC1. The molecule has 0 radical (unpaired) electrons. The van der Waals surface area contributed by atoms with E-state index in [1.54, 1.807) is 36.2 Å². The van der Waals surface area contributed by atoms with Gasteiger partial charge in [-0.05, 0) is 61.4 Å². The first kappa shape index (κ1) is 21.7. The number of benzene rings is 2. The number of piperidine rings is 1. The van der Waals surface area contributed by atoms with Crippen molar-refractivity contribution in [3.8, 4) is 5.75 Å². The summed E-state index contributed by atoms with van der Waals surface area (Å²) < 4.78 is 6.70. The van der Waals surface area contributed by atoms with Crippen LogP contribution in [0.1, 0.15) is 23.2 Å². The zero-order valence-corrected chi connectivity index (χ0v) is 18.7. The summed E-state index contributed by atoms with van der Waals surface area (Å²) in [4.78, 5) is 28.8. The molecule has 0 spiro atoms. The van der Waals surface area contributed by atoms with E-state index in [1.807, 2.05) is 29.2 Å². The number of ether oxygens (including phenoxy) is 1. The summed E-state index contributed by atoms with van der Waals surface area (Å²) in [5.74, 6) is 0.830. The van der Waals surface area contributed by atoms with Crippen molar-refractivity contribution >= 4 is 39.3 Å². The average Bonchev–Trinajstić information content (AvgIpc) is 2.74. The van der Waals surface area contributed by atoms with Gasteiger partial charge < -0.3 is 14.5 Å². The van der Waals surface area contributed by atoms with Crippen LogP contribution in [0.3, 0.4) is 0 Å². The second-order valence-corrected chi connectivity index (χ2v) is 8.49. The fourth-order valence-corrected chi connectivity index (χ4v) is 3.75. The van der Waals surface area contributed by atoms with E-state index in [4.69, 9.17) is 16.3 Å². The highest BCUT2D eigenvalue weighted by molar-refractivity contribution is 9.10. The van der Waals surface area contributed by atoms with Crippen LogP contribution >= 0.6 is 27.5 Å². The van der Waals surface area contributed by atoms with Crippen molar-refractivity contribution in [3.05, 3.63) is 63.6 Å². The normalized spacial score (nSPS) is 14.5. The van der Waals surface area contributed by atoms with Crippen LogP contribution < -0.4 is 4.74 Å². The summed E-state index contributed by atoms with van der Waals surface area (Å²) in [5, 5.41) is 0.609. The van der Waals surface area contributed by atoms with Gasteiger partial charge in [-0.1, -0.05) is 27.5 Å². The Morgan fingerprint density at radius 1 is 1.10 bits per heavy atom. The molecule has 2 aromatic rings. The molecule has 154 valence electrons. The van der Waals surface area contributed by atoms with Gasteiger partial charge in [0.15, 0.2) is 0 Å². The Morgan fingerprint density at radius 2 is 1.72 bits per heavy atom. The summed E-state index contributed by atoms with van der Waals surface area (Å²) in [6.45, 7) is 2.14. The highest BCUT2D eigenvalue weighted by Gasteiger charge is 2.29. The van der Waals surface area contributed by atoms with Crippen molar-refractivity contribution in [3.63, 3.8) is 0 Å². The molecular formula is C22H24BrClN2O3. The molecule has 5 nitrogen and oxygen atoms in total. The van der Waals surface area contributed by atoms with Crippen LogP contribution in [-0.2, 0) is 4.79 Å². The first-order valence-corrected chi connectivity index (χ1v) is 10.8. The van der Waals surface area contributed by atoms with Crippen LogP contribution in [-0.4, -0.2) is 54.9 Å². The molecule has 7 heteroatoms. The summed E-state index contributed by atoms with van der Waals surface area (Å²) >= 11 is 9.28. The van der Waals surface area contributed by atoms with E-state index in [0.29, 0.717) is 49.7 Å². The number of hydrogen-bond donors (Lipinski definition) is 0. The molecule has 0 N–H and O–H groups in total. The largest absolute Gasteiger partial charge is 0.492 e. The number of carbonyl (C=O) groups excluding carboxylic acids is 2. The predicted octanol–water partition coefficient (Wildman–Crippen LogP) is 4.49. The highest BCUT2D eigenvalue weighted by atomic mass is 79.9. The smallest absolute Gasteiger partial charge is 0.253 e. The zero-order valence-electron chi connectivity index (χ0n) is 16.3. The first-order chi connectivity index (χ1) is 13.9. The van der Waals surface area contributed by atoms with Crippen molar-refractivity contribution in [2.24, 2.45) is 5.92 Å². The van der Waals surface area contributed by atoms with Crippen molar-refractivity contribution < 1.29 is 14.3 Å². The van der Waals surface area contributed by atoms with E-state index < -0.39 is 0 Å². The Hall–Kier alpha value is -2.05. The van der Waals surface area contributed by atoms with Crippen molar-refractivity contribution in [1.29, 1.82) is 0 Å². The summed E-state index contributed by atoms with van der Waals surface area (Å²) in [6, 6.07) is 14.5. The molecule has 1 saturated heterocycles. The number of halogens is 2. The molecule has 0 bridgehead atoms. The maximum Gasteiger partial charge on any atom is 0.253 e. The van der Waals surface area contributed by atoms with Crippen molar-refractivity contribution in [2.45, 2.75) is 12.8 Å². The maximum absolute atomic E-state index is 12.7. The Kier molecular flexibility index (Phi) is 7.56. The summed E-state index contributed by atoms with van der Waals surface area (Å²) in [5.41, 5.74) is 0.626.